The molecular formula is C19H21F3N6O3. The van der Waals surface area contributed by atoms with E-state index in [0.29, 0.717) is 29.4 Å². The summed E-state index contributed by atoms with van der Waals surface area (Å²) in [6.45, 7) is 2.34. The number of aliphatic imine (C=N–C) groups is 2. The average molecular weight is 438 g/mol. The van der Waals surface area contributed by atoms with E-state index in [-0.39, 0.29) is 18.1 Å². The second kappa shape index (κ2) is 8.28. The summed E-state index contributed by atoms with van der Waals surface area (Å²) in [5, 5.41) is 0. The summed E-state index contributed by atoms with van der Waals surface area (Å²) in [5.74, 6) is 0.392. The topological polar surface area (TPSA) is 130 Å². The van der Waals surface area contributed by atoms with Gasteiger partial charge in [0.25, 0.3) is 5.91 Å². The van der Waals surface area contributed by atoms with Gasteiger partial charge in [-0.1, -0.05) is 0 Å². The van der Waals surface area contributed by atoms with E-state index in [1.54, 1.807) is 36.6 Å². The molecule has 31 heavy (non-hydrogen) atoms. The first-order valence-corrected chi connectivity index (χ1v) is 9.19. The first-order valence-electron chi connectivity index (χ1n) is 9.19. The van der Waals surface area contributed by atoms with Crippen molar-refractivity contribution in [1.82, 2.24) is 9.55 Å². The fourth-order valence-corrected chi connectivity index (χ4v) is 2.80. The summed E-state index contributed by atoms with van der Waals surface area (Å²) in [7, 11) is 0. The third-order valence-electron chi connectivity index (χ3n) is 4.36. The first-order chi connectivity index (χ1) is 14.5. The van der Waals surface area contributed by atoms with Gasteiger partial charge in [0.1, 0.15) is 36.2 Å². The van der Waals surface area contributed by atoms with Crippen LogP contribution in [0.2, 0.25) is 0 Å². The minimum atomic E-state index is -4.48. The summed E-state index contributed by atoms with van der Waals surface area (Å²) in [5.41, 5.74) is 10.1. The molecule has 0 saturated carbocycles. The number of halogens is 3. The molecule has 12 heteroatoms. The highest BCUT2D eigenvalue weighted by atomic mass is 19.4. The summed E-state index contributed by atoms with van der Waals surface area (Å²) in [6, 6.07) is 4.89. The van der Waals surface area contributed by atoms with Crippen LogP contribution >= 0.6 is 0 Å². The van der Waals surface area contributed by atoms with Gasteiger partial charge in [-0.3, -0.25) is 9.79 Å². The van der Waals surface area contributed by atoms with Gasteiger partial charge in [0.2, 0.25) is 0 Å². The van der Waals surface area contributed by atoms with Crippen molar-refractivity contribution in [2.45, 2.75) is 32.2 Å². The Hall–Kier alpha value is -3.57. The number of ether oxygens (including phenoxy) is 2. The molecule has 1 aromatic heterocycles. The van der Waals surface area contributed by atoms with E-state index in [1.807, 2.05) is 0 Å². The van der Waals surface area contributed by atoms with Crippen molar-refractivity contribution in [1.29, 1.82) is 0 Å². The SMILES string of the molecule is CC(C)(Oc1ccc2c(c1)OCCn1cc(C(N=CN)=NCC(F)(F)F)nc1-2)C(N)=O. The molecule has 2 heterocycles. The van der Waals surface area contributed by atoms with Crippen LogP contribution in [0.4, 0.5) is 13.2 Å². The van der Waals surface area contributed by atoms with E-state index in [2.05, 4.69) is 15.0 Å². The molecule has 2 aromatic rings. The summed E-state index contributed by atoms with van der Waals surface area (Å²) in [6.07, 6.45) is -2.08. The van der Waals surface area contributed by atoms with Gasteiger partial charge in [-0.25, -0.2) is 9.98 Å². The van der Waals surface area contributed by atoms with Crippen LogP contribution in [0.3, 0.4) is 0 Å². The molecule has 0 atom stereocenters. The Bertz CT molecular complexity index is 1040. The van der Waals surface area contributed by atoms with Crippen molar-refractivity contribution in [3.8, 4) is 22.9 Å². The third kappa shape index (κ3) is 5.13. The molecule has 0 unspecified atom stereocenters. The zero-order chi connectivity index (χ0) is 22.8. The zero-order valence-electron chi connectivity index (χ0n) is 16.8. The van der Waals surface area contributed by atoms with E-state index < -0.39 is 24.2 Å². The van der Waals surface area contributed by atoms with Crippen molar-refractivity contribution in [3.05, 3.63) is 30.1 Å². The highest BCUT2D eigenvalue weighted by Crippen LogP contribution is 2.36. The number of hydrogen-bond donors (Lipinski definition) is 2. The van der Waals surface area contributed by atoms with Crippen molar-refractivity contribution in [2.75, 3.05) is 13.2 Å². The van der Waals surface area contributed by atoms with Crippen LogP contribution in [-0.4, -0.2) is 52.6 Å². The molecular weight excluding hydrogens is 417 g/mol. The summed E-state index contributed by atoms with van der Waals surface area (Å²) >= 11 is 0. The van der Waals surface area contributed by atoms with Crippen molar-refractivity contribution < 1.29 is 27.4 Å². The van der Waals surface area contributed by atoms with Crippen LogP contribution in [0.25, 0.3) is 11.4 Å². The Morgan fingerprint density at radius 1 is 1.39 bits per heavy atom. The van der Waals surface area contributed by atoms with E-state index in [0.717, 1.165) is 6.34 Å². The lowest BCUT2D eigenvalue weighted by Gasteiger charge is -2.23. The highest BCUT2D eigenvalue weighted by Gasteiger charge is 2.29. The van der Waals surface area contributed by atoms with Crippen molar-refractivity contribution in [3.63, 3.8) is 0 Å². The second-order valence-electron chi connectivity index (χ2n) is 7.16. The Morgan fingerprint density at radius 2 is 2.13 bits per heavy atom. The monoisotopic (exact) mass is 438 g/mol. The molecule has 9 nitrogen and oxygen atoms in total. The van der Waals surface area contributed by atoms with Gasteiger partial charge < -0.3 is 25.5 Å². The van der Waals surface area contributed by atoms with E-state index in [9.17, 15) is 18.0 Å². The molecule has 1 aromatic carbocycles. The maximum atomic E-state index is 12.6. The molecule has 1 aliphatic rings. The molecule has 3 rings (SSSR count). The Kier molecular flexibility index (Phi) is 5.91. The maximum Gasteiger partial charge on any atom is 0.408 e. The van der Waals surface area contributed by atoms with Gasteiger partial charge in [-0.2, -0.15) is 13.2 Å². The fourth-order valence-electron chi connectivity index (χ4n) is 2.80. The number of nitrogens with two attached hydrogens (primary N) is 2. The lowest BCUT2D eigenvalue weighted by molar-refractivity contribution is -0.130. The number of hydrogen-bond acceptors (Lipinski definition) is 5. The fraction of sp³-hybridized carbons (Fsp3) is 0.368. The van der Waals surface area contributed by atoms with Gasteiger partial charge in [0, 0.05) is 12.3 Å². The molecule has 0 saturated heterocycles. The van der Waals surface area contributed by atoms with Crippen LogP contribution in [0.1, 0.15) is 19.5 Å². The largest absolute Gasteiger partial charge is 0.491 e. The number of aromatic nitrogens is 2. The van der Waals surface area contributed by atoms with E-state index in [1.165, 1.54) is 6.20 Å². The van der Waals surface area contributed by atoms with Crippen LogP contribution < -0.4 is 20.9 Å². The number of rotatable bonds is 5. The predicted molar refractivity (Wildman–Crippen MR) is 107 cm³/mol. The minimum Gasteiger partial charge on any atom is -0.491 e. The molecule has 0 bridgehead atoms. The molecule has 0 fully saturated rings. The summed E-state index contributed by atoms with van der Waals surface area (Å²) in [4.78, 5) is 23.1. The number of imidazole rings is 1. The Balaban J connectivity index is 1.98. The number of carbonyl (C=O) groups is 1. The second-order valence-corrected chi connectivity index (χ2v) is 7.16. The van der Waals surface area contributed by atoms with E-state index >= 15 is 0 Å². The third-order valence-corrected chi connectivity index (χ3v) is 4.36. The lowest BCUT2D eigenvalue weighted by Crippen LogP contribution is -2.43. The van der Waals surface area contributed by atoms with Crippen molar-refractivity contribution in [2.24, 2.45) is 21.5 Å². The number of nitrogens with zero attached hydrogens (tertiary/aromatic N) is 4. The quantitative estimate of drug-likeness (QED) is 0.544. The van der Waals surface area contributed by atoms with Gasteiger partial charge in [0.15, 0.2) is 11.4 Å². The van der Waals surface area contributed by atoms with Gasteiger partial charge in [-0.05, 0) is 26.0 Å². The predicted octanol–water partition coefficient (Wildman–Crippen LogP) is 1.88. The number of amidine groups is 1. The van der Waals surface area contributed by atoms with Crippen LogP contribution in [-0.2, 0) is 11.3 Å². The molecule has 0 radical (unpaired) electrons. The Morgan fingerprint density at radius 3 is 2.77 bits per heavy atom. The number of primary amides is 1. The number of benzene rings is 1. The highest BCUT2D eigenvalue weighted by molar-refractivity contribution is 6.01. The summed E-state index contributed by atoms with van der Waals surface area (Å²) < 4.78 is 50.9. The molecule has 166 valence electrons. The average Bonchev–Trinajstić information content (AvgIpc) is 3.00. The number of alkyl halides is 3. The standard InChI is InChI=1S/C19H21F3N6O3/c1-18(2,17(24)29)31-11-3-4-12-14(7-11)30-6-5-28-8-13(27-16(12)28)15(26-10-23)25-9-19(20,21)22/h3-4,7-8,10H,5-6,9H2,1-2H3,(H2,24,29)(H2,23,25,26). The number of fused-ring (bicyclic) bond motifs is 3. The van der Waals surface area contributed by atoms with Crippen molar-refractivity contribution >= 4 is 18.1 Å². The van der Waals surface area contributed by atoms with Gasteiger partial charge in [-0.15, -0.1) is 0 Å². The normalized spacial score (nSPS) is 14.5. The van der Waals surface area contributed by atoms with E-state index in [4.69, 9.17) is 20.9 Å². The molecule has 4 N–H and O–H groups in total. The molecule has 1 amide bonds. The Labute approximate surface area is 175 Å². The lowest BCUT2D eigenvalue weighted by atomic mass is 10.1. The maximum absolute atomic E-state index is 12.6. The number of carbonyl (C=O) groups excluding carboxylic acids is 1. The van der Waals surface area contributed by atoms with Crippen LogP contribution in [0.5, 0.6) is 11.5 Å². The molecule has 1 aliphatic heterocycles. The van der Waals surface area contributed by atoms with Crippen LogP contribution in [0, 0.1) is 0 Å². The van der Waals surface area contributed by atoms with Gasteiger partial charge in [0.05, 0.1) is 18.4 Å². The molecule has 0 aliphatic carbocycles. The van der Waals surface area contributed by atoms with Crippen LogP contribution in [0.15, 0.2) is 34.4 Å². The number of amides is 1. The smallest absolute Gasteiger partial charge is 0.408 e. The van der Waals surface area contributed by atoms with Gasteiger partial charge >= 0.3 is 6.18 Å². The minimum absolute atomic E-state index is 0.143. The first kappa shape index (κ1) is 22.1. The zero-order valence-corrected chi connectivity index (χ0v) is 16.8. The molecule has 0 spiro atoms.